The van der Waals surface area contributed by atoms with Crippen LogP contribution in [0.5, 0.6) is 23.0 Å². The van der Waals surface area contributed by atoms with Gasteiger partial charge in [0, 0.05) is 54.5 Å². The Morgan fingerprint density at radius 3 is 2.21 bits per heavy atom. The maximum atomic E-state index is 15.3. The molecule has 0 atom stereocenters. The summed E-state index contributed by atoms with van der Waals surface area (Å²) in [6.07, 6.45) is 4.70. The van der Waals surface area contributed by atoms with Crippen molar-refractivity contribution in [2.75, 3.05) is 31.0 Å². The lowest BCUT2D eigenvalue weighted by Gasteiger charge is -2.16. The Bertz CT molecular complexity index is 1760. The molecular formula is C35H35F2N3O7. The molecule has 4 aromatic rings. The van der Waals surface area contributed by atoms with Crippen LogP contribution in [0.4, 0.5) is 20.2 Å². The summed E-state index contributed by atoms with van der Waals surface area (Å²) in [5.41, 5.74) is -0.258. The van der Waals surface area contributed by atoms with Crippen LogP contribution in [0.25, 0.3) is 10.9 Å². The number of unbranched alkanes of at least 4 members (excludes halogenated alkanes) is 1. The minimum Gasteiger partial charge on any atom is -0.493 e. The summed E-state index contributed by atoms with van der Waals surface area (Å²) in [6.45, 7) is 0.333. The minimum atomic E-state index is -1.30. The number of ketones is 1. The van der Waals surface area contributed by atoms with E-state index in [0.717, 1.165) is 6.07 Å². The molecule has 1 aromatic heterocycles. The highest BCUT2D eigenvalue weighted by atomic mass is 19.1. The molecule has 2 amide bonds. The predicted molar refractivity (Wildman–Crippen MR) is 171 cm³/mol. The van der Waals surface area contributed by atoms with Crippen molar-refractivity contribution in [2.24, 2.45) is 5.41 Å². The van der Waals surface area contributed by atoms with Crippen molar-refractivity contribution in [3.8, 4) is 23.0 Å². The Morgan fingerprint density at radius 2 is 1.53 bits per heavy atom. The number of anilines is 2. The molecule has 0 radical (unpaired) electrons. The molecule has 1 saturated carbocycles. The van der Waals surface area contributed by atoms with Crippen LogP contribution < -0.4 is 24.8 Å². The number of Topliss-reactive ketones (excluding diaryl/α,β-unsaturated/α-hetero) is 1. The maximum absolute atomic E-state index is 15.3. The van der Waals surface area contributed by atoms with Gasteiger partial charge in [-0.05, 0) is 80.6 Å². The van der Waals surface area contributed by atoms with Gasteiger partial charge < -0.3 is 30.0 Å². The molecule has 1 fully saturated rings. The molecule has 5 rings (SSSR count). The van der Waals surface area contributed by atoms with Crippen molar-refractivity contribution in [3.63, 3.8) is 0 Å². The van der Waals surface area contributed by atoms with Crippen LogP contribution in [-0.4, -0.2) is 48.0 Å². The van der Waals surface area contributed by atoms with E-state index in [4.69, 9.17) is 19.3 Å². The lowest BCUT2D eigenvalue weighted by Crippen LogP contribution is -2.35. The largest absolute Gasteiger partial charge is 0.493 e. The molecule has 246 valence electrons. The first-order chi connectivity index (χ1) is 22.7. The van der Waals surface area contributed by atoms with Gasteiger partial charge >= 0.3 is 0 Å². The van der Waals surface area contributed by atoms with Crippen LogP contribution in [0, 0.1) is 17.0 Å². The highest BCUT2D eigenvalue weighted by Crippen LogP contribution is 2.47. The summed E-state index contributed by atoms with van der Waals surface area (Å²) in [7, 11) is 1.51. The lowest BCUT2D eigenvalue weighted by molar-refractivity contribution is -0.131. The topological polar surface area (TPSA) is 136 Å². The molecule has 0 saturated heterocycles. The lowest BCUT2D eigenvalue weighted by atomic mass is 10.0. The van der Waals surface area contributed by atoms with Crippen LogP contribution in [-0.2, 0) is 14.4 Å². The number of aliphatic hydroxyl groups excluding tert-OH is 1. The van der Waals surface area contributed by atoms with Gasteiger partial charge in [0.2, 0.25) is 11.8 Å². The van der Waals surface area contributed by atoms with E-state index in [9.17, 15) is 18.8 Å². The molecule has 1 heterocycles. The second-order valence-corrected chi connectivity index (χ2v) is 11.2. The molecule has 1 aliphatic carbocycles. The molecule has 47 heavy (non-hydrogen) atoms. The van der Waals surface area contributed by atoms with Gasteiger partial charge in [0.05, 0.1) is 19.2 Å². The molecule has 0 bridgehead atoms. The summed E-state index contributed by atoms with van der Waals surface area (Å²) < 4.78 is 45.8. The Balaban J connectivity index is 1.23. The third-order valence-corrected chi connectivity index (χ3v) is 7.84. The van der Waals surface area contributed by atoms with Gasteiger partial charge in [-0.2, -0.15) is 0 Å². The van der Waals surface area contributed by atoms with Gasteiger partial charge in [-0.1, -0.05) is 0 Å². The number of fused-ring (bicyclic) bond motifs is 1. The van der Waals surface area contributed by atoms with Gasteiger partial charge in [-0.3, -0.25) is 19.4 Å². The number of ether oxygens (including phenoxy) is 3. The number of nitrogens with zero attached hydrogens (tertiary/aromatic N) is 1. The maximum Gasteiger partial charge on any atom is 0.240 e. The summed E-state index contributed by atoms with van der Waals surface area (Å²) in [6, 6.07) is 14.1. The van der Waals surface area contributed by atoms with Gasteiger partial charge in [0.1, 0.15) is 22.8 Å². The Labute approximate surface area is 270 Å². The predicted octanol–water partition coefficient (Wildman–Crippen LogP) is 6.56. The average molecular weight is 648 g/mol. The van der Waals surface area contributed by atoms with Gasteiger partial charge in [0.25, 0.3) is 0 Å². The van der Waals surface area contributed by atoms with Gasteiger partial charge in [0.15, 0.2) is 23.1 Å². The number of benzene rings is 3. The number of carbonyl (C=O) groups excluding carboxylic acids is 3. The van der Waals surface area contributed by atoms with E-state index in [2.05, 4.69) is 15.6 Å². The van der Waals surface area contributed by atoms with Crippen molar-refractivity contribution in [1.29, 1.82) is 0 Å². The molecule has 1 aliphatic rings. The van der Waals surface area contributed by atoms with Crippen LogP contribution in [0.1, 0.15) is 44.9 Å². The van der Waals surface area contributed by atoms with Crippen molar-refractivity contribution in [2.45, 2.75) is 44.9 Å². The molecule has 0 aliphatic heterocycles. The second-order valence-electron chi connectivity index (χ2n) is 11.2. The standard InChI is InChI=1S/C35H35F2N3O7/c1-45-31-21-28-26(20-32(31)46-18-3-2-5-25(42)6-4-17-41)29(13-16-38-28)47-30-12-11-24(19-27(30)37)40-34(44)35(14-15-35)33(43)39-23-9-7-22(36)8-10-23/h7-13,16,19-21,41H,2-6,14-15,17-18H2,1H3,(H,39,43)(H,40,44). The fourth-order valence-electron chi connectivity index (χ4n) is 4.99. The van der Waals surface area contributed by atoms with Crippen molar-refractivity contribution in [1.82, 2.24) is 4.98 Å². The zero-order valence-electron chi connectivity index (χ0n) is 25.8. The van der Waals surface area contributed by atoms with Gasteiger partial charge in [-0.25, -0.2) is 8.78 Å². The van der Waals surface area contributed by atoms with Gasteiger partial charge in [-0.15, -0.1) is 0 Å². The number of pyridine rings is 1. The van der Waals surface area contributed by atoms with Crippen molar-refractivity contribution in [3.05, 3.63) is 78.5 Å². The zero-order valence-corrected chi connectivity index (χ0v) is 25.8. The number of aliphatic hydroxyl groups is 1. The first-order valence-corrected chi connectivity index (χ1v) is 15.3. The molecule has 3 aromatic carbocycles. The van der Waals surface area contributed by atoms with Crippen LogP contribution in [0.15, 0.2) is 66.9 Å². The average Bonchev–Trinajstić information content (AvgIpc) is 3.88. The van der Waals surface area contributed by atoms with E-state index in [-0.39, 0.29) is 23.8 Å². The first kappa shape index (κ1) is 33.3. The fourth-order valence-corrected chi connectivity index (χ4v) is 4.99. The van der Waals surface area contributed by atoms with E-state index < -0.39 is 28.9 Å². The summed E-state index contributed by atoms with van der Waals surface area (Å²) >= 11 is 0. The molecule has 12 heteroatoms. The highest BCUT2D eigenvalue weighted by molar-refractivity contribution is 6.16. The second kappa shape index (κ2) is 15.0. The SMILES string of the molecule is COc1cc2nccc(Oc3ccc(NC(=O)C4(C(=O)Nc5ccc(F)cc5)CC4)cc3F)c2cc1OCCCCC(=O)CCCO. The molecular weight excluding hydrogens is 612 g/mol. The summed E-state index contributed by atoms with van der Waals surface area (Å²) in [4.78, 5) is 42.1. The number of hydrogen-bond donors (Lipinski definition) is 3. The normalized spacial score (nSPS) is 13.1. The molecule has 10 nitrogen and oxygen atoms in total. The van der Waals surface area contributed by atoms with E-state index in [1.165, 1.54) is 49.7 Å². The smallest absolute Gasteiger partial charge is 0.240 e. The number of amides is 2. The van der Waals surface area contributed by atoms with E-state index in [0.29, 0.717) is 85.4 Å². The van der Waals surface area contributed by atoms with E-state index in [1.54, 1.807) is 18.2 Å². The number of carbonyl (C=O) groups is 3. The number of aromatic nitrogens is 1. The van der Waals surface area contributed by atoms with Crippen molar-refractivity contribution < 1.29 is 42.5 Å². The fraction of sp³-hybridized carbons (Fsp3) is 0.314. The van der Waals surface area contributed by atoms with Crippen LogP contribution in [0.2, 0.25) is 0 Å². The summed E-state index contributed by atoms with van der Waals surface area (Å²) in [5.74, 6) is -1.08. The first-order valence-electron chi connectivity index (χ1n) is 15.3. The number of rotatable bonds is 16. The Kier molecular flexibility index (Phi) is 10.6. The Morgan fingerprint density at radius 1 is 0.830 bits per heavy atom. The molecule has 0 unspecified atom stereocenters. The number of halogens is 2. The Hall–Kier alpha value is -5.10. The van der Waals surface area contributed by atoms with Crippen molar-refractivity contribution >= 4 is 39.9 Å². The third-order valence-electron chi connectivity index (χ3n) is 7.84. The number of nitrogens with one attached hydrogen (secondary N) is 2. The third kappa shape index (κ3) is 8.20. The van der Waals surface area contributed by atoms with Crippen LogP contribution >= 0.6 is 0 Å². The van der Waals surface area contributed by atoms with Crippen LogP contribution in [0.3, 0.4) is 0 Å². The van der Waals surface area contributed by atoms with E-state index in [1.807, 2.05) is 0 Å². The number of hydrogen-bond acceptors (Lipinski definition) is 8. The number of methoxy groups -OCH3 is 1. The minimum absolute atomic E-state index is 0.00279. The summed E-state index contributed by atoms with van der Waals surface area (Å²) in [5, 5.41) is 14.7. The quantitative estimate of drug-likeness (QED) is 0.0919. The van der Waals surface area contributed by atoms with E-state index >= 15 is 4.39 Å². The molecule has 3 N–H and O–H groups in total. The zero-order chi connectivity index (χ0) is 33.4. The highest BCUT2D eigenvalue weighted by Gasteiger charge is 2.56. The molecule has 0 spiro atoms. The monoisotopic (exact) mass is 647 g/mol.